The molecule has 13 heteroatoms. The maximum Gasteiger partial charge on any atom is 0.328 e. The van der Waals surface area contributed by atoms with Crippen LogP contribution in [0.3, 0.4) is 0 Å². The Morgan fingerprint density at radius 2 is 1.25 bits per heavy atom. The number of carbonyl (C=O) groups excluding carboxylic acids is 3. The van der Waals surface area contributed by atoms with Gasteiger partial charge in [-0.2, -0.15) is 0 Å². The Bertz CT molecular complexity index is 1600. The van der Waals surface area contributed by atoms with Crippen LogP contribution in [-0.2, 0) is 32.0 Å². The molecule has 4 aromatic rings. The van der Waals surface area contributed by atoms with Gasteiger partial charge in [0.2, 0.25) is 17.7 Å². The summed E-state index contributed by atoms with van der Waals surface area (Å²) in [4.78, 5) is 57.9. The number of amides is 3. The summed E-state index contributed by atoms with van der Waals surface area (Å²) in [6.07, 6.45) is 5.13. The zero-order chi connectivity index (χ0) is 31.6. The predicted octanol–water partition coefficient (Wildman–Crippen LogP) is 0.422. The first-order chi connectivity index (χ1) is 21.2. The molecule has 4 rings (SSSR count). The first-order valence-electron chi connectivity index (χ1n) is 14.5. The van der Waals surface area contributed by atoms with E-state index in [2.05, 4.69) is 25.9 Å². The maximum absolute atomic E-state index is 13.6. The van der Waals surface area contributed by atoms with E-state index in [4.69, 9.17) is 11.5 Å². The molecule has 0 aliphatic rings. The van der Waals surface area contributed by atoms with Gasteiger partial charge in [-0.05, 0) is 55.5 Å². The summed E-state index contributed by atoms with van der Waals surface area (Å²) in [6, 6.07) is 10.3. The summed E-state index contributed by atoms with van der Waals surface area (Å²) in [6.45, 7) is -0.438. The molecule has 11 N–H and O–H groups in total. The van der Waals surface area contributed by atoms with E-state index < -0.39 is 54.5 Å². The standard InChI is InChI=1S/C31H39N7O6/c32-12-6-5-11-25(36-28(40)22(33)13-18-15-34-23-9-3-1-7-20(18)23)29(41)37-26(30(42)38-27(17-39)31(43)44)14-19-16-35-24-10-4-2-8-21(19)24/h1-4,7-10,15-16,22,25-27,34-35,39H,5-6,11-14,17,32-33H2,(H,36,40)(H,37,41)(H,38,42)(H,43,44). The molecule has 0 saturated carbocycles. The minimum absolute atomic E-state index is 0.0168. The Morgan fingerprint density at radius 3 is 1.82 bits per heavy atom. The van der Waals surface area contributed by atoms with E-state index in [0.29, 0.717) is 24.9 Å². The third-order valence-corrected chi connectivity index (χ3v) is 7.56. The number of para-hydroxylation sites is 2. The van der Waals surface area contributed by atoms with Crippen molar-refractivity contribution in [2.45, 2.75) is 56.3 Å². The number of nitrogens with one attached hydrogen (secondary N) is 5. The van der Waals surface area contributed by atoms with Crippen LogP contribution in [0.25, 0.3) is 21.8 Å². The third kappa shape index (κ3) is 8.01. The zero-order valence-corrected chi connectivity index (χ0v) is 24.2. The Labute approximate surface area is 253 Å². The van der Waals surface area contributed by atoms with Crippen molar-refractivity contribution in [2.24, 2.45) is 11.5 Å². The van der Waals surface area contributed by atoms with Gasteiger partial charge in [-0.1, -0.05) is 36.4 Å². The quantitative estimate of drug-likeness (QED) is 0.0811. The van der Waals surface area contributed by atoms with Crippen LogP contribution >= 0.6 is 0 Å². The van der Waals surface area contributed by atoms with Crippen molar-refractivity contribution in [3.63, 3.8) is 0 Å². The van der Waals surface area contributed by atoms with Crippen LogP contribution < -0.4 is 27.4 Å². The number of benzene rings is 2. The molecule has 44 heavy (non-hydrogen) atoms. The number of fused-ring (bicyclic) bond motifs is 2. The smallest absolute Gasteiger partial charge is 0.328 e. The van der Waals surface area contributed by atoms with Gasteiger partial charge in [0.05, 0.1) is 12.6 Å². The van der Waals surface area contributed by atoms with Gasteiger partial charge >= 0.3 is 5.97 Å². The molecule has 2 aromatic carbocycles. The SMILES string of the molecule is NCCCCC(NC(=O)C(N)Cc1c[nH]c2ccccc12)C(=O)NC(Cc1c[nH]c2ccccc12)C(=O)NC(CO)C(=O)O. The van der Waals surface area contributed by atoms with Gasteiger partial charge in [0.1, 0.15) is 18.1 Å². The highest BCUT2D eigenvalue weighted by atomic mass is 16.4. The number of aromatic amines is 2. The lowest BCUT2D eigenvalue weighted by atomic mass is 10.0. The fourth-order valence-electron chi connectivity index (χ4n) is 5.13. The number of carboxylic acids is 1. The van der Waals surface area contributed by atoms with E-state index in [1.807, 2.05) is 48.5 Å². The molecule has 4 unspecified atom stereocenters. The number of hydrogen-bond acceptors (Lipinski definition) is 7. The second-order valence-corrected chi connectivity index (χ2v) is 10.7. The van der Waals surface area contributed by atoms with Gasteiger partial charge < -0.3 is 47.6 Å². The van der Waals surface area contributed by atoms with Crippen molar-refractivity contribution < 1.29 is 29.4 Å². The molecule has 13 nitrogen and oxygen atoms in total. The first-order valence-corrected chi connectivity index (χ1v) is 14.5. The topological polar surface area (TPSA) is 228 Å². The Kier molecular flexibility index (Phi) is 11.1. The molecule has 0 fully saturated rings. The molecule has 0 bridgehead atoms. The number of aliphatic hydroxyl groups is 1. The summed E-state index contributed by atoms with van der Waals surface area (Å²) in [5.41, 5.74) is 15.2. The number of unbranched alkanes of at least 4 members (excludes halogenated alkanes) is 1. The van der Waals surface area contributed by atoms with E-state index >= 15 is 0 Å². The second kappa shape index (κ2) is 15.1. The van der Waals surface area contributed by atoms with Crippen molar-refractivity contribution in [1.82, 2.24) is 25.9 Å². The number of aliphatic hydroxyl groups excluding tert-OH is 1. The number of hydrogen-bond donors (Lipinski definition) is 9. The highest BCUT2D eigenvalue weighted by Gasteiger charge is 2.31. The summed E-state index contributed by atoms with van der Waals surface area (Å²) in [7, 11) is 0. The third-order valence-electron chi connectivity index (χ3n) is 7.56. The van der Waals surface area contributed by atoms with E-state index in [9.17, 15) is 29.4 Å². The fraction of sp³-hybridized carbons (Fsp3) is 0.355. The average molecular weight is 606 g/mol. The lowest BCUT2D eigenvalue weighted by Crippen LogP contribution is -2.58. The minimum atomic E-state index is -1.56. The molecule has 0 spiro atoms. The summed E-state index contributed by atoms with van der Waals surface area (Å²) in [5.74, 6) is -3.39. The molecule has 0 saturated heterocycles. The van der Waals surface area contributed by atoms with Gasteiger partial charge in [-0.15, -0.1) is 0 Å². The van der Waals surface area contributed by atoms with Crippen molar-refractivity contribution in [3.05, 3.63) is 72.1 Å². The fourth-order valence-corrected chi connectivity index (χ4v) is 5.13. The van der Waals surface area contributed by atoms with Gasteiger partial charge in [-0.3, -0.25) is 14.4 Å². The molecular weight excluding hydrogens is 566 g/mol. The second-order valence-electron chi connectivity index (χ2n) is 10.7. The van der Waals surface area contributed by atoms with Crippen LogP contribution in [0.1, 0.15) is 30.4 Å². The molecule has 2 aromatic heterocycles. The normalized spacial score (nSPS) is 14.1. The molecule has 4 atom stereocenters. The van der Waals surface area contributed by atoms with Crippen LogP contribution in [-0.4, -0.2) is 81.2 Å². The van der Waals surface area contributed by atoms with Crippen LogP contribution in [0.5, 0.6) is 0 Å². The van der Waals surface area contributed by atoms with Crippen LogP contribution in [0.4, 0.5) is 0 Å². The minimum Gasteiger partial charge on any atom is -0.480 e. The number of carbonyl (C=O) groups is 4. The molecule has 3 amide bonds. The molecule has 2 heterocycles. The number of nitrogens with two attached hydrogens (primary N) is 2. The van der Waals surface area contributed by atoms with Crippen molar-refractivity contribution in [2.75, 3.05) is 13.2 Å². The Morgan fingerprint density at radius 1 is 0.727 bits per heavy atom. The monoisotopic (exact) mass is 605 g/mol. The van der Waals surface area contributed by atoms with Crippen molar-refractivity contribution >= 4 is 45.5 Å². The average Bonchev–Trinajstić information content (AvgIpc) is 3.62. The summed E-state index contributed by atoms with van der Waals surface area (Å²) < 4.78 is 0. The van der Waals surface area contributed by atoms with Crippen LogP contribution in [0.15, 0.2) is 60.9 Å². The lowest BCUT2D eigenvalue weighted by Gasteiger charge is -2.25. The number of aliphatic carboxylic acids is 1. The highest BCUT2D eigenvalue weighted by molar-refractivity contribution is 5.95. The molecule has 0 aliphatic heterocycles. The van der Waals surface area contributed by atoms with Gasteiger partial charge in [-0.25, -0.2) is 4.79 Å². The molecule has 234 valence electrons. The molecule has 0 radical (unpaired) electrons. The predicted molar refractivity (Wildman–Crippen MR) is 165 cm³/mol. The van der Waals surface area contributed by atoms with E-state index in [1.54, 1.807) is 12.4 Å². The van der Waals surface area contributed by atoms with Crippen LogP contribution in [0.2, 0.25) is 0 Å². The number of carboxylic acid groups (broad SMARTS) is 1. The first kappa shape index (κ1) is 32.2. The lowest BCUT2D eigenvalue weighted by molar-refractivity contribution is -0.143. The number of rotatable bonds is 16. The highest BCUT2D eigenvalue weighted by Crippen LogP contribution is 2.20. The van der Waals surface area contributed by atoms with Gasteiger partial charge in [0.25, 0.3) is 0 Å². The van der Waals surface area contributed by atoms with Crippen molar-refractivity contribution in [3.8, 4) is 0 Å². The number of H-pyrrole nitrogens is 2. The largest absolute Gasteiger partial charge is 0.480 e. The van der Waals surface area contributed by atoms with E-state index in [-0.39, 0.29) is 19.3 Å². The Balaban J connectivity index is 1.51. The zero-order valence-electron chi connectivity index (χ0n) is 24.2. The van der Waals surface area contributed by atoms with Gasteiger partial charge in [0.15, 0.2) is 0 Å². The van der Waals surface area contributed by atoms with Crippen LogP contribution in [0, 0.1) is 0 Å². The molecular formula is C31H39N7O6. The van der Waals surface area contributed by atoms with E-state index in [0.717, 1.165) is 27.4 Å². The number of aromatic nitrogens is 2. The van der Waals surface area contributed by atoms with Crippen molar-refractivity contribution in [1.29, 1.82) is 0 Å². The summed E-state index contributed by atoms with van der Waals surface area (Å²) in [5, 5.41) is 28.3. The molecule has 0 aliphatic carbocycles. The van der Waals surface area contributed by atoms with Gasteiger partial charge in [0, 0.05) is 40.6 Å². The Hall–Kier alpha value is -4.72. The maximum atomic E-state index is 13.6. The van der Waals surface area contributed by atoms with E-state index in [1.165, 1.54) is 0 Å². The summed E-state index contributed by atoms with van der Waals surface area (Å²) >= 11 is 0.